The van der Waals surface area contributed by atoms with Crippen molar-refractivity contribution < 1.29 is 13.2 Å². The van der Waals surface area contributed by atoms with E-state index in [1.807, 2.05) is 6.92 Å². The molecule has 1 rings (SSSR count). The van der Waals surface area contributed by atoms with E-state index in [0.717, 1.165) is 12.8 Å². The second-order valence-corrected chi connectivity index (χ2v) is 4.08. The largest absolute Gasteiger partial charge is 0.392 e. The summed E-state index contributed by atoms with van der Waals surface area (Å²) in [6.45, 7) is 5.01. The maximum absolute atomic E-state index is 12.3. The van der Waals surface area contributed by atoms with Gasteiger partial charge in [-0.1, -0.05) is 27.2 Å². The molecule has 0 aromatic carbocycles. The number of alkyl halides is 3. The minimum Gasteiger partial charge on any atom is -0.171 e. The van der Waals surface area contributed by atoms with Gasteiger partial charge in [-0.15, -0.1) is 0 Å². The number of hydrogen-bond donors (Lipinski definition) is 0. The van der Waals surface area contributed by atoms with Crippen molar-refractivity contribution in [2.75, 3.05) is 0 Å². The molecule has 1 aliphatic rings. The first-order valence-electron chi connectivity index (χ1n) is 4.39. The van der Waals surface area contributed by atoms with Crippen LogP contribution in [0.1, 0.15) is 33.6 Å². The Balaban J connectivity index is 2.61. The van der Waals surface area contributed by atoms with Crippen LogP contribution in [0.15, 0.2) is 0 Å². The highest BCUT2D eigenvalue weighted by Gasteiger charge is 2.60. The highest BCUT2D eigenvalue weighted by molar-refractivity contribution is 5.02. The molecule has 0 radical (unpaired) electrons. The fourth-order valence-electron chi connectivity index (χ4n) is 1.99. The zero-order chi connectivity index (χ0) is 9.57. The Kier molecular flexibility index (Phi) is 2.17. The fraction of sp³-hybridized carbons (Fsp3) is 1.00. The van der Waals surface area contributed by atoms with Crippen molar-refractivity contribution in [3.05, 3.63) is 0 Å². The standard InChI is InChI=1S/C9H15F3/c1-4-7-5-8(7,3)6(2)9(10,11)12/h6-7H,4-5H2,1-3H3. The number of hydrogen-bond acceptors (Lipinski definition) is 0. The minimum atomic E-state index is -4.02. The van der Waals surface area contributed by atoms with Gasteiger partial charge in [-0.2, -0.15) is 13.2 Å². The molecule has 1 fully saturated rings. The van der Waals surface area contributed by atoms with Gasteiger partial charge >= 0.3 is 6.18 Å². The van der Waals surface area contributed by atoms with Crippen LogP contribution < -0.4 is 0 Å². The molecule has 0 N–H and O–H groups in total. The van der Waals surface area contributed by atoms with Crippen LogP contribution in [0, 0.1) is 17.3 Å². The van der Waals surface area contributed by atoms with E-state index < -0.39 is 17.5 Å². The summed E-state index contributed by atoms with van der Waals surface area (Å²) in [5.74, 6) is -0.857. The zero-order valence-corrected chi connectivity index (χ0v) is 7.70. The van der Waals surface area contributed by atoms with Crippen LogP contribution in [0.2, 0.25) is 0 Å². The molecule has 0 aromatic rings. The Bertz CT molecular complexity index is 173. The summed E-state index contributed by atoms with van der Waals surface area (Å²) in [4.78, 5) is 0. The van der Waals surface area contributed by atoms with Gasteiger partial charge in [0.2, 0.25) is 0 Å². The van der Waals surface area contributed by atoms with Crippen LogP contribution in [-0.4, -0.2) is 6.18 Å². The first-order valence-corrected chi connectivity index (χ1v) is 4.39. The number of halogens is 3. The molecule has 3 atom stereocenters. The summed E-state index contributed by atoms with van der Waals surface area (Å²) in [6, 6.07) is 0. The molecule has 12 heavy (non-hydrogen) atoms. The molecule has 0 spiro atoms. The second-order valence-electron chi connectivity index (χ2n) is 4.08. The van der Waals surface area contributed by atoms with Gasteiger partial charge in [-0.25, -0.2) is 0 Å². The van der Waals surface area contributed by atoms with E-state index in [4.69, 9.17) is 0 Å². The van der Waals surface area contributed by atoms with E-state index in [0.29, 0.717) is 0 Å². The lowest BCUT2D eigenvalue weighted by Gasteiger charge is -2.23. The molecule has 0 saturated heterocycles. The van der Waals surface area contributed by atoms with Crippen molar-refractivity contribution in [2.45, 2.75) is 39.8 Å². The third-order valence-corrected chi connectivity index (χ3v) is 3.43. The van der Waals surface area contributed by atoms with Gasteiger partial charge in [0, 0.05) is 0 Å². The Morgan fingerprint density at radius 2 is 2.00 bits per heavy atom. The monoisotopic (exact) mass is 180 g/mol. The van der Waals surface area contributed by atoms with Crippen molar-refractivity contribution in [1.82, 2.24) is 0 Å². The van der Waals surface area contributed by atoms with Gasteiger partial charge in [-0.05, 0) is 17.8 Å². The molecule has 1 saturated carbocycles. The molecular formula is C9H15F3. The quantitative estimate of drug-likeness (QED) is 0.608. The topological polar surface area (TPSA) is 0 Å². The maximum Gasteiger partial charge on any atom is 0.392 e. The summed E-state index contributed by atoms with van der Waals surface area (Å²) < 4.78 is 36.9. The van der Waals surface area contributed by atoms with Crippen molar-refractivity contribution >= 4 is 0 Å². The first-order chi connectivity index (χ1) is 5.32. The lowest BCUT2D eigenvalue weighted by Crippen LogP contribution is -2.28. The Morgan fingerprint density at radius 1 is 1.50 bits per heavy atom. The lowest BCUT2D eigenvalue weighted by molar-refractivity contribution is -0.187. The van der Waals surface area contributed by atoms with E-state index in [9.17, 15) is 13.2 Å². The fourth-order valence-corrected chi connectivity index (χ4v) is 1.99. The van der Waals surface area contributed by atoms with Crippen LogP contribution in [-0.2, 0) is 0 Å². The van der Waals surface area contributed by atoms with Crippen LogP contribution in [0.25, 0.3) is 0 Å². The van der Waals surface area contributed by atoms with Crippen LogP contribution in [0.4, 0.5) is 13.2 Å². The third-order valence-electron chi connectivity index (χ3n) is 3.43. The molecule has 0 aromatic heterocycles. The van der Waals surface area contributed by atoms with Crippen molar-refractivity contribution in [1.29, 1.82) is 0 Å². The number of rotatable bonds is 2. The summed E-state index contributed by atoms with van der Waals surface area (Å²) in [6.07, 6.45) is -2.40. The summed E-state index contributed by atoms with van der Waals surface area (Å²) in [5.41, 5.74) is -0.465. The molecule has 72 valence electrons. The van der Waals surface area contributed by atoms with Crippen molar-refractivity contribution in [3.63, 3.8) is 0 Å². The van der Waals surface area contributed by atoms with E-state index in [-0.39, 0.29) is 5.92 Å². The molecule has 3 heteroatoms. The zero-order valence-electron chi connectivity index (χ0n) is 7.70. The van der Waals surface area contributed by atoms with E-state index in [2.05, 4.69) is 0 Å². The third kappa shape index (κ3) is 1.46. The van der Waals surface area contributed by atoms with Gasteiger partial charge in [0.05, 0.1) is 5.92 Å². The molecule has 0 aliphatic heterocycles. The van der Waals surface area contributed by atoms with E-state index in [1.165, 1.54) is 6.92 Å². The molecule has 1 aliphatic carbocycles. The molecule has 0 bridgehead atoms. The van der Waals surface area contributed by atoms with Gasteiger partial charge in [-0.3, -0.25) is 0 Å². The Hall–Kier alpha value is -0.210. The van der Waals surface area contributed by atoms with Gasteiger partial charge in [0.1, 0.15) is 0 Å². The van der Waals surface area contributed by atoms with E-state index >= 15 is 0 Å². The SMILES string of the molecule is CCC1CC1(C)C(C)C(F)(F)F. The van der Waals surface area contributed by atoms with Gasteiger partial charge < -0.3 is 0 Å². The summed E-state index contributed by atoms with van der Waals surface area (Å²) >= 11 is 0. The highest BCUT2D eigenvalue weighted by Crippen LogP contribution is 2.62. The van der Waals surface area contributed by atoms with Crippen molar-refractivity contribution in [3.8, 4) is 0 Å². The minimum absolute atomic E-state index is 0.286. The molecule has 0 nitrogen and oxygen atoms in total. The van der Waals surface area contributed by atoms with Gasteiger partial charge in [0.15, 0.2) is 0 Å². The normalized spacial score (nSPS) is 38.0. The van der Waals surface area contributed by atoms with Crippen LogP contribution in [0.3, 0.4) is 0 Å². The molecule has 0 heterocycles. The highest BCUT2D eigenvalue weighted by atomic mass is 19.4. The van der Waals surface area contributed by atoms with Crippen LogP contribution in [0.5, 0.6) is 0 Å². The summed E-state index contributed by atoms with van der Waals surface area (Å²) in [7, 11) is 0. The Morgan fingerprint density at radius 3 is 2.25 bits per heavy atom. The van der Waals surface area contributed by atoms with Crippen molar-refractivity contribution in [2.24, 2.45) is 17.3 Å². The molecular weight excluding hydrogens is 165 g/mol. The lowest BCUT2D eigenvalue weighted by atomic mass is 9.89. The predicted molar refractivity (Wildman–Crippen MR) is 41.7 cm³/mol. The average molecular weight is 180 g/mol. The van der Waals surface area contributed by atoms with Crippen LogP contribution >= 0.6 is 0 Å². The first kappa shape index (κ1) is 9.87. The molecule has 3 unspecified atom stereocenters. The smallest absolute Gasteiger partial charge is 0.171 e. The van der Waals surface area contributed by atoms with Gasteiger partial charge in [0.25, 0.3) is 0 Å². The summed E-state index contributed by atoms with van der Waals surface area (Å²) in [5, 5.41) is 0. The average Bonchev–Trinajstić information content (AvgIpc) is 2.60. The second kappa shape index (κ2) is 2.64. The maximum atomic E-state index is 12.3. The predicted octanol–water partition coefficient (Wildman–Crippen LogP) is 3.62. The Labute approximate surface area is 71.1 Å². The van der Waals surface area contributed by atoms with E-state index in [1.54, 1.807) is 6.92 Å². The molecule has 0 amide bonds.